The summed E-state index contributed by atoms with van der Waals surface area (Å²) >= 11 is 3.66. The molecule has 94 valence electrons. The Hall–Kier alpha value is -1.35. The highest BCUT2D eigenvalue weighted by Gasteiger charge is 2.09. The molecule has 3 heteroatoms. The van der Waals surface area contributed by atoms with Crippen molar-refractivity contribution in [3.63, 3.8) is 0 Å². The molecule has 1 atom stereocenters. The Morgan fingerprint density at radius 2 is 1.89 bits per heavy atom. The second-order valence-corrected chi connectivity index (χ2v) is 5.18. The molecule has 0 heterocycles. The molecule has 2 aromatic rings. The van der Waals surface area contributed by atoms with Gasteiger partial charge in [0, 0.05) is 4.83 Å². The summed E-state index contributed by atoms with van der Waals surface area (Å²) in [5.74, 6) is 0.641. The van der Waals surface area contributed by atoms with Crippen LogP contribution in [0.15, 0.2) is 48.5 Å². The largest absolute Gasteiger partial charge is 0.497 e. The van der Waals surface area contributed by atoms with Gasteiger partial charge in [-0.15, -0.1) is 0 Å². The summed E-state index contributed by atoms with van der Waals surface area (Å²) in [7, 11) is 1.66. The van der Waals surface area contributed by atoms with Crippen molar-refractivity contribution in [2.75, 3.05) is 7.11 Å². The minimum atomic E-state index is -0.203. The fourth-order valence-corrected chi connectivity index (χ4v) is 2.44. The van der Waals surface area contributed by atoms with Crippen LogP contribution in [0.3, 0.4) is 0 Å². The summed E-state index contributed by atoms with van der Waals surface area (Å²) in [6.45, 7) is 0. The lowest BCUT2D eigenvalue weighted by molar-refractivity contribution is 0.414. The SMILES string of the molecule is COc1cccc(C(Br)Cc2ccc(F)cc2)c1. The predicted octanol–water partition coefficient (Wildman–Crippen LogP) is 4.51. The van der Waals surface area contributed by atoms with Crippen LogP contribution in [-0.2, 0) is 6.42 Å². The van der Waals surface area contributed by atoms with E-state index in [1.807, 2.05) is 36.4 Å². The van der Waals surface area contributed by atoms with Crippen LogP contribution in [0.4, 0.5) is 4.39 Å². The number of methoxy groups -OCH3 is 1. The van der Waals surface area contributed by atoms with Gasteiger partial charge in [0.2, 0.25) is 0 Å². The van der Waals surface area contributed by atoms with Gasteiger partial charge in [-0.05, 0) is 41.8 Å². The average molecular weight is 309 g/mol. The zero-order valence-corrected chi connectivity index (χ0v) is 11.7. The lowest BCUT2D eigenvalue weighted by Gasteiger charge is -2.11. The van der Waals surface area contributed by atoms with E-state index in [4.69, 9.17) is 4.74 Å². The van der Waals surface area contributed by atoms with Crippen LogP contribution in [0.25, 0.3) is 0 Å². The van der Waals surface area contributed by atoms with Crippen LogP contribution in [0.2, 0.25) is 0 Å². The van der Waals surface area contributed by atoms with E-state index in [9.17, 15) is 4.39 Å². The van der Waals surface area contributed by atoms with Gasteiger partial charge in [0.25, 0.3) is 0 Å². The number of hydrogen-bond donors (Lipinski definition) is 0. The summed E-state index contributed by atoms with van der Waals surface area (Å²) in [6.07, 6.45) is 0.813. The second-order valence-electron chi connectivity index (χ2n) is 4.07. The quantitative estimate of drug-likeness (QED) is 0.755. The van der Waals surface area contributed by atoms with Gasteiger partial charge in [-0.2, -0.15) is 0 Å². The maximum absolute atomic E-state index is 12.8. The third kappa shape index (κ3) is 3.33. The standard InChI is InChI=1S/C15H14BrFO/c1-18-14-4-2-3-12(10-14)15(16)9-11-5-7-13(17)8-6-11/h2-8,10,15H,9H2,1H3. The molecule has 0 fully saturated rings. The van der Waals surface area contributed by atoms with Gasteiger partial charge in [-0.3, -0.25) is 0 Å². The number of alkyl halides is 1. The van der Waals surface area contributed by atoms with E-state index >= 15 is 0 Å². The zero-order valence-electron chi connectivity index (χ0n) is 10.1. The first-order chi connectivity index (χ1) is 8.69. The molecule has 0 bridgehead atoms. The highest BCUT2D eigenvalue weighted by atomic mass is 79.9. The van der Waals surface area contributed by atoms with Crippen molar-refractivity contribution >= 4 is 15.9 Å². The van der Waals surface area contributed by atoms with E-state index in [0.717, 1.165) is 23.3 Å². The van der Waals surface area contributed by atoms with Gasteiger partial charge in [0.15, 0.2) is 0 Å². The third-order valence-corrected chi connectivity index (χ3v) is 3.64. The molecule has 0 radical (unpaired) electrons. The molecular formula is C15H14BrFO. The molecule has 0 amide bonds. The van der Waals surface area contributed by atoms with Gasteiger partial charge in [-0.25, -0.2) is 4.39 Å². The molecule has 0 aliphatic carbocycles. The van der Waals surface area contributed by atoms with Crippen molar-refractivity contribution < 1.29 is 9.13 Å². The monoisotopic (exact) mass is 308 g/mol. The highest BCUT2D eigenvalue weighted by molar-refractivity contribution is 9.09. The number of rotatable bonds is 4. The maximum Gasteiger partial charge on any atom is 0.123 e. The maximum atomic E-state index is 12.8. The van der Waals surface area contributed by atoms with E-state index in [1.54, 1.807) is 7.11 Å². The van der Waals surface area contributed by atoms with Crippen LogP contribution in [0.1, 0.15) is 16.0 Å². The van der Waals surface area contributed by atoms with Crippen molar-refractivity contribution in [3.8, 4) is 5.75 Å². The Morgan fingerprint density at radius 1 is 1.17 bits per heavy atom. The molecule has 0 saturated heterocycles. The molecule has 0 aliphatic rings. The summed E-state index contributed by atoms with van der Waals surface area (Å²) in [6, 6.07) is 14.5. The molecular weight excluding hydrogens is 295 g/mol. The molecule has 2 aromatic carbocycles. The number of halogens is 2. The van der Waals surface area contributed by atoms with E-state index in [2.05, 4.69) is 15.9 Å². The normalized spacial score (nSPS) is 12.2. The third-order valence-electron chi connectivity index (χ3n) is 2.78. The molecule has 0 spiro atoms. The molecule has 1 unspecified atom stereocenters. The minimum Gasteiger partial charge on any atom is -0.497 e. The van der Waals surface area contributed by atoms with Gasteiger partial charge >= 0.3 is 0 Å². The Morgan fingerprint density at radius 3 is 2.56 bits per heavy atom. The molecule has 0 saturated carbocycles. The topological polar surface area (TPSA) is 9.23 Å². The van der Waals surface area contributed by atoms with E-state index in [1.165, 1.54) is 12.1 Å². The summed E-state index contributed by atoms with van der Waals surface area (Å²) in [5.41, 5.74) is 2.25. The molecule has 0 N–H and O–H groups in total. The summed E-state index contributed by atoms with van der Waals surface area (Å²) < 4.78 is 18.0. The van der Waals surface area contributed by atoms with Crippen LogP contribution in [0, 0.1) is 5.82 Å². The van der Waals surface area contributed by atoms with Crippen LogP contribution in [-0.4, -0.2) is 7.11 Å². The Bertz CT molecular complexity index is 510. The van der Waals surface area contributed by atoms with Gasteiger partial charge in [0.1, 0.15) is 11.6 Å². The molecule has 0 aromatic heterocycles. The van der Waals surface area contributed by atoms with Crippen molar-refractivity contribution in [2.45, 2.75) is 11.2 Å². The Kier molecular flexibility index (Phi) is 4.37. The number of ether oxygens (including phenoxy) is 1. The van der Waals surface area contributed by atoms with Crippen LogP contribution in [0.5, 0.6) is 5.75 Å². The number of hydrogen-bond acceptors (Lipinski definition) is 1. The van der Waals surface area contributed by atoms with Crippen molar-refractivity contribution in [1.82, 2.24) is 0 Å². The lowest BCUT2D eigenvalue weighted by atomic mass is 10.0. The first-order valence-electron chi connectivity index (χ1n) is 5.71. The summed E-state index contributed by atoms with van der Waals surface area (Å²) in [4.78, 5) is 0.193. The van der Waals surface area contributed by atoms with Gasteiger partial charge in [0.05, 0.1) is 7.11 Å². The molecule has 1 nitrogen and oxygen atoms in total. The molecule has 18 heavy (non-hydrogen) atoms. The molecule has 0 aliphatic heterocycles. The predicted molar refractivity (Wildman–Crippen MR) is 74.8 cm³/mol. The van der Waals surface area contributed by atoms with Crippen molar-refractivity contribution in [3.05, 3.63) is 65.5 Å². The van der Waals surface area contributed by atoms with Crippen molar-refractivity contribution in [1.29, 1.82) is 0 Å². The highest BCUT2D eigenvalue weighted by Crippen LogP contribution is 2.29. The van der Waals surface area contributed by atoms with Crippen LogP contribution >= 0.6 is 15.9 Å². The average Bonchev–Trinajstić information content (AvgIpc) is 2.41. The Labute approximate surface area is 115 Å². The first-order valence-corrected chi connectivity index (χ1v) is 6.63. The lowest BCUT2D eigenvalue weighted by Crippen LogP contribution is -1.96. The fourth-order valence-electron chi connectivity index (χ4n) is 1.78. The number of benzene rings is 2. The van der Waals surface area contributed by atoms with Crippen molar-refractivity contribution in [2.24, 2.45) is 0 Å². The molecule has 2 rings (SSSR count). The second kappa shape index (κ2) is 6.01. The zero-order chi connectivity index (χ0) is 13.0. The van der Waals surface area contributed by atoms with E-state index < -0.39 is 0 Å². The summed E-state index contributed by atoms with van der Waals surface area (Å²) in [5, 5.41) is 0. The first kappa shape index (κ1) is 13.1. The fraction of sp³-hybridized carbons (Fsp3) is 0.200. The van der Waals surface area contributed by atoms with Gasteiger partial charge in [-0.1, -0.05) is 40.2 Å². The van der Waals surface area contributed by atoms with Crippen LogP contribution < -0.4 is 4.74 Å². The van der Waals surface area contributed by atoms with E-state index in [-0.39, 0.29) is 10.6 Å². The minimum absolute atomic E-state index is 0.193. The van der Waals surface area contributed by atoms with E-state index in [0.29, 0.717) is 0 Å². The van der Waals surface area contributed by atoms with Gasteiger partial charge < -0.3 is 4.74 Å². The Balaban J connectivity index is 2.11. The smallest absolute Gasteiger partial charge is 0.123 e.